The Labute approximate surface area is 126 Å². The molecule has 0 radical (unpaired) electrons. The topological polar surface area (TPSA) is 49.6 Å². The average Bonchev–Trinajstić information content (AvgIpc) is 2.74. The van der Waals surface area contributed by atoms with Crippen LogP contribution >= 0.6 is 0 Å². The van der Waals surface area contributed by atoms with E-state index in [0.717, 1.165) is 50.3 Å². The van der Waals surface area contributed by atoms with E-state index >= 15 is 0 Å². The minimum absolute atomic E-state index is 0.0915. The zero-order chi connectivity index (χ0) is 14.8. The van der Waals surface area contributed by atoms with Gasteiger partial charge in [0.15, 0.2) is 0 Å². The van der Waals surface area contributed by atoms with E-state index in [4.69, 9.17) is 5.73 Å². The van der Waals surface area contributed by atoms with Gasteiger partial charge in [0.05, 0.1) is 0 Å². The molecular weight excluding hydrogens is 262 g/mol. The van der Waals surface area contributed by atoms with Crippen LogP contribution in [0.1, 0.15) is 38.2 Å². The number of anilines is 2. The molecule has 1 saturated heterocycles. The number of nitrogen functional groups attached to an aromatic ring is 1. The van der Waals surface area contributed by atoms with Crippen LogP contribution in [0, 0.1) is 0 Å². The standard InChI is InChI=1S/C17H25N3O/c1-13(17(21)19-10-4-2-3-5-11-19)20-12-9-14-15(18)7-6-8-16(14)20/h6-8,13H,2-5,9-12,18H2,1H3. The minimum Gasteiger partial charge on any atom is -0.398 e. The zero-order valence-electron chi connectivity index (χ0n) is 12.8. The number of nitrogens with two attached hydrogens (primary N) is 1. The van der Waals surface area contributed by atoms with Gasteiger partial charge in [-0.2, -0.15) is 0 Å². The molecule has 21 heavy (non-hydrogen) atoms. The molecule has 4 heteroatoms. The van der Waals surface area contributed by atoms with E-state index < -0.39 is 0 Å². The lowest BCUT2D eigenvalue weighted by Gasteiger charge is -2.31. The summed E-state index contributed by atoms with van der Waals surface area (Å²) in [5, 5.41) is 0. The zero-order valence-corrected chi connectivity index (χ0v) is 12.8. The smallest absolute Gasteiger partial charge is 0.244 e. The first kappa shape index (κ1) is 14.2. The van der Waals surface area contributed by atoms with Crippen molar-refractivity contribution in [2.24, 2.45) is 0 Å². The highest BCUT2D eigenvalue weighted by molar-refractivity contribution is 5.86. The number of amides is 1. The fraction of sp³-hybridized carbons (Fsp3) is 0.588. The third kappa shape index (κ3) is 2.71. The van der Waals surface area contributed by atoms with E-state index in [-0.39, 0.29) is 11.9 Å². The van der Waals surface area contributed by atoms with E-state index in [9.17, 15) is 4.79 Å². The van der Waals surface area contributed by atoms with Crippen LogP contribution in [-0.4, -0.2) is 36.5 Å². The molecule has 1 unspecified atom stereocenters. The molecule has 1 fully saturated rings. The van der Waals surface area contributed by atoms with E-state index in [2.05, 4.69) is 15.9 Å². The van der Waals surface area contributed by atoms with Gasteiger partial charge in [-0.3, -0.25) is 4.79 Å². The first-order valence-corrected chi connectivity index (χ1v) is 8.11. The molecule has 1 aromatic carbocycles. The number of carbonyl (C=O) groups excluding carboxylic acids is 1. The van der Waals surface area contributed by atoms with Crippen molar-refractivity contribution in [3.05, 3.63) is 23.8 Å². The van der Waals surface area contributed by atoms with Crippen molar-refractivity contribution in [3.8, 4) is 0 Å². The molecule has 0 aliphatic carbocycles. The SMILES string of the molecule is CC(C(=O)N1CCCCCC1)N1CCc2c(N)cccc21. The molecule has 0 saturated carbocycles. The van der Waals surface area contributed by atoms with Crippen LogP contribution in [0.5, 0.6) is 0 Å². The Balaban J connectivity index is 1.76. The Morgan fingerprint density at radius 1 is 1.14 bits per heavy atom. The normalized spacial score (nSPS) is 20.0. The maximum absolute atomic E-state index is 12.8. The molecule has 2 heterocycles. The summed E-state index contributed by atoms with van der Waals surface area (Å²) in [6, 6.07) is 5.93. The summed E-state index contributed by atoms with van der Waals surface area (Å²) < 4.78 is 0. The third-order valence-electron chi connectivity index (χ3n) is 4.84. The van der Waals surface area contributed by atoms with Crippen LogP contribution in [0.25, 0.3) is 0 Å². The van der Waals surface area contributed by atoms with Crippen LogP contribution in [0.2, 0.25) is 0 Å². The summed E-state index contributed by atoms with van der Waals surface area (Å²) in [5.41, 5.74) is 9.25. The summed E-state index contributed by atoms with van der Waals surface area (Å²) in [4.78, 5) is 17.1. The second-order valence-corrected chi connectivity index (χ2v) is 6.20. The molecule has 0 bridgehead atoms. The van der Waals surface area contributed by atoms with E-state index in [1.54, 1.807) is 0 Å². The van der Waals surface area contributed by atoms with Gasteiger partial charge in [-0.05, 0) is 38.3 Å². The lowest BCUT2D eigenvalue weighted by molar-refractivity contribution is -0.132. The number of carbonyl (C=O) groups is 1. The van der Waals surface area contributed by atoms with Crippen molar-refractivity contribution in [2.45, 2.75) is 45.1 Å². The number of fused-ring (bicyclic) bond motifs is 1. The molecule has 2 aliphatic heterocycles. The van der Waals surface area contributed by atoms with Crippen molar-refractivity contribution in [2.75, 3.05) is 30.3 Å². The summed E-state index contributed by atoms with van der Waals surface area (Å²) in [6.45, 7) is 4.76. The first-order valence-electron chi connectivity index (χ1n) is 8.11. The Hall–Kier alpha value is -1.71. The Bertz CT molecular complexity index is 521. The van der Waals surface area contributed by atoms with Gasteiger partial charge >= 0.3 is 0 Å². The van der Waals surface area contributed by atoms with Crippen LogP contribution < -0.4 is 10.6 Å². The lowest BCUT2D eigenvalue weighted by atomic mass is 10.1. The largest absolute Gasteiger partial charge is 0.398 e. The van der Waals surface area contributed by atoms with Gasteiger partial charge in [-0.1, -0.05) is 18.9 Å². The molecule has 2 N–H and O–H groups in total. The van der Waals surface area contributed by atoms with Crippen LogP contribution in [0.4, 0.5) is 11.4 Å². The number of benzene rings is 1. The van der Waals surface area contributed by atoms with Gasteiger partial charge in [0.25, 0.3) is 0 Å². The maximum Gasteiger partial charge on any atom is 0.244 e. The molecule has 1 atom stereocenters. The molecule has 4 nitrogen and oxygen atoms in total. The van der Waals surface area contributed by atoms with Crippen LogP contribution in [0.15, 0.2) is 18.2 Å². The number of likely N-dealkylation sites (tertiary alicyclic amines) is 1. The highest BCUT2D eigenvalue weighted by Crippen LogP contribution is 2.33. The van der Waals surface area contributed by atoms with E-state index in [1.807, 2.05) is 19.1 Å². The van der Waals surface area contributed by atoms with Crippen molar-refractivity contribution < 1.29 is 4.79 Å². The average molecular weight is 287 g/mol. The molecule has 1 aromatic rings. The van der Waals surface area contributed by atoms with Gasteiger partial charge in [0, 0.05) is 36.6 Å². The maximum atomic E-state index is 12.8. The predicted molar refractivity (Wildman–Crippen MR) is 86.4 cm³/mol. The fourth-order valence-corrected chi connectivity index (χ4v) is 3.58. The molecule has 1 amide bonds. The van der Waals surface area contributed by atoms with Crippen molar-refractivity contribution in [1.82, 2.24) is 4.90 Å². The van der Waals surface area contributed by atoms with E-state index in [0.29, 0.717) is 0 Å². The molecule has 3 rings (SSSR count). The van der Waals surface area contributed by atoms with Crippen LogP contribution in [-0.2, 0) is 11.2 Å². The molecule has 2 aliphatic rings. The highest BCUT2D eigenvalue weighted by Gasteiger charge is 2.31. The van der Waals surface area contributed by atoms with Crippen molar-refractivity contribution >= 4 is 17.3 Å². The summed E-state index contributed by atoms with van der Waals surface area (Å²) in [6.07, 6.45) is 5.73. The molecule has 0 aromatic heterocycles. The summed E-state index contributed by atoms with van der Waals surface area (Å²) in [7, 11) is 0. The van der Waals surface area contributed by atoms with Crippen molar-refractivity contribution in [1.29, 1.82) is 0 Å². The number of hydrogen-bond acceptors (Lipinski definition) is 3. The second-order valence-electron chi connectivity index (χ2n) is 6.20. The summed E-state index contributed by atoms with van der Waals surface area (Å²) in [5.74, 6) is 0.271. The Morgan fingerprint density at radius 2 is 1.86 bits per heavy atom. The van der Waals surface area contributed by atoms with Gasteiger partial charge < -0.3 is 15.5 Å². The quantitative estimate of drug-likeness (QED) is 0.850. The summed E-state index contributed by atoms with van der Waals surface area (Å²) >= 11 is 0. The highest BCUT2D eigenvalue weighted by atomic mass is 16.2. The second kappa shape index (κ2) is 5.96. The van der Waals surface area contributed by atoms with Crippen molar-refractivity contribution in [3.63, 3.8) is 0 Å². The Kier molecular flexibility index (Phi) is 4.04. The molecule has 114 valence electrons. The van der Waals surface area contributed by atoms with Gasteiger partial charge in [0.1, 0.15) is 6.04 Å². The van der Waals surface area contributed by atoms with E-state index in [1.165, 1.54) is 18.4 Å². The predicted octanol–water partition coefficient (Wildman–Crippen LogP) is 2.42. The monoisotopic (exact) mass is 287 g/mol. The van der Waals surface area contributed by atoms with Gasteiger partial charge in [0.2, 0.25) is 5.91 Å². The number of hydrogen-bond donors (Lipinski definition) is 1. The van der Waals surface area contributed by atoms with Gasteiger partial charge in [-0.15, -0.1) is 0 Å². The molecular formula is C17H25N3O. The van der Waals surface area contributed by atoms with Crippen LogP contribution in [0.3, 0.4) is 0 Å². The minimum atomic E-state index is -0.0915. The Morgan fingerprint density at radius 3 is 2.57 bits per heavy atom. The third-order valence-corrected chi connectivity index (χ3v) is 4.84. The number of rotatable bonds is 2. The molecule has 0 spiro atoms. The number of nitrogens with zero attached hydrogens (tertiary/aromatic N) is 2. The lowest BCUT2D eigenvalue weighted by Crippen LogP contribution is -2.47. The van der Waals surface area contributed by atoms with Gasteiger partial charge in [-0.25, -0.2) is 0 Å². The first-order chi connectivity index (χ1) is 10.2. The fourth-order valence-electron chi connectivity index (χ4n) is 3.58.